The summed E-state index contributed by atoms with van der Waals surface area (Å²) in [6, 6.07) is 18.4. The molecule has 1 amide bonds. The number of nitrogens with zero attached hydrogens (tertiary/aromatic N) is 1. The van der Waals surface area contributed by atoms with Crippen LogP contribution in [0.4, 0.5) is 10.1 Å². The van der Waals surface area contributed by atoms with Gasteiger partial charge in [-0.25, -0.2) is 4.39 Å². The Morgan fingerprint density at radius 3 is 2.46 bits per heavy atom. The fourth-order valence-corrected chi connectivity index (χ4v) is 2.68. The molecule has 0 saturated heterocycles. The van der Waals surface area contributed by atoms with Crippen molar-refractivity contribution in [3.63, 3.8) is 0 Å². The van der Waals surface area contributed by atoms with Gasteiger partial charge in [0.25, 0.3) is 0 Å². The second kappa shape index (κ2) is 7.13. The normalized spacial score (nSPS) is 11.9. The number of carbonyl (C=O) groups is 1. The van der Waals surface area contributed by atoms with Crippen LogP contribution in [0.5, 0.6) is 0 Å². The van der Waals surface area contributed by atoms with Crippen LogP contribution in [-0.4, -0.2) is 10.5 Å². The molecule has 0 bridgehead atoms. The average Bonchev–Trinajstić information content (AvgIpc) is 3.11. The van der Waals surface area contributed by atoms with Crippen molar-refractivity contribution < 1.29 is 9.18 Å². The van der Waals surface area contributed by atoms with Crippen molar-refractivity contribution in [3.8, 4) is 0 Å². The summed E-state index contributed by atoms with van der Waals surface area (Å²) in [6.07, 6.45) is 4.15. The standard InChI is InChI=1S/C20H19FN2O/c1-15-9-10-17(13-18(15)21)22-20(24)14-19(23-11-5-6-12-23)16-7-3-2-4-8-16/h2-13,19H,14H2,1H3,(H,22,24)/t19-/m1/s1. The van der Waals surface area contributed by atoms with E-state index < -0.39 is 0 Å². The van der Waals surface area contributed by atoms with Crippen molar-refractivity contribution >= 4 is 11.6 Å². The number of anilines is 1. The smallest absolute Gasteiger partial charge is 0.226 e. The number of benzene rings is 2. The molecule has 4 heteroatoms. The fourth-order valence-electron chi connectivity index (χ4n) is 2.68. The summed E-state index contributed by atoms with van der Waals surface area (Å²) in [5.41, 5.74) is 2.09. The predicted octanol–water partition coefficient (Wildman–Crippen LogP) is 4.55. The number of carbonyl (C=O) groups excluding carboxylic acids is 1. The topological polar surface area (TPSA) is 34.0 Å². The molecular weight excluding hydrogens is 303 g/mol. The zero-order valence-electron chi connectivity index (χ0n) is 13.4. The van der Waals surface area contributed by atoms with Gasteiger partial charge in [-0.05, 0) is 42.3 Å². The van der Waals surface area contributed by atoms with Crippen LogP contribution in [0.3, 0.4) is 0 Å². The third-order valence-corrected chi connectivity index (χ3v) is 4.01. The van der Waals surface area contributed by atoms with Crippen molar-refractivity contribution in [1.29, 1.82) is 0 Å². The summed E-state index contributed by atoms with van der Waals surface area (Å²) in [5, 5.41) is 2.78. The zero-order valence-corrected chi connectivity index (χ0v) is 13.4. The molecule has 1 atom stereocenters. The molecule has 0 radical (unpaired) electrons. The molecule has 3 aromatic rings. The van der Waals surface area contributed by atoms with E-state index in [1.807, 2.05) is 59.4 Å². The molecule has 1 heterocycles. The van der Waals surface area contributed by atoms with Crippen LogP contribution in [0.2, 0.25) is 0 Å². The van der Waals surface area contributed by atoms with Crippen LogP contribution in [0.25, 0.3) is 0 Å². The van der Waals surface area contributed by atoms with Gasteiger partial charge >= 0.3 is 0 Å². The van der Waals surface area contributed by atoms with Crippen molar-refractivity contribution in [2.75, 3.05) is 5.32 Å². The molecule has 3 nitrogen and oxygen atoms in total. The van der Waals surface area contributed by atoms with E-state index in [1.165, 1.54) is 6.07 Å². The van der Waals surface area contributed by atoms with E-state index in [-0.39, 0.29) is 24.2 Å². The van der Waals surface area contributed by atoms with Gasteiger partial charge < -0.3 is 9.88 Å². The molecule has 0 aliphatic carbocycles. The molecule has 24 heavy (non-hydrogen) atoms. The summed E-state index contributed by atoms with van der Waals surface area (Å²) in [4.78, 5) is 12.4. The number of aromatic nitrogens is 1. The van der Waals surface area contributed by atoms with Gasteiger partial charge in [0, 0.05) is 18.1 Å². The lowest BCUT2D eigenvalue weighted by Gasteiger charge is -2.19. The van der Waals surface area contributed by atoms with Crippen LogP contribution >= 0.6 is 0 Å². The monoisotopic (exact) mass is 322 g/mol. The first-order chi connectivity index (χ1) is 11.6. The van der Waals surface area contributed by atoms with Gasteiger partial charge in [-0.15, -0.1) is 0 Å². The highest BCUT2D eigenvalue weighted by Crippen LogP contribution is 2.23. The molecular formula is C20H19FN2O. The van der Waals surface area contributed by atoms with Crippen LogP contribution < -0.4 is 5.32 Å². The van der Waals surface area contributed by atoms with Gasteiger partial charge in [0.15, 0.2) is 0 Å². The van der Waals surface area contributed by atoms with Gasteiger partial charge in [0.2, 0.25) is 5.91 Å². The maximum atomic E-state index is 13.6. The molecule has 3 rings (SSSR count). The summed E-state index contributed by atoms with van der Waals surface area (Å²) >= 11 is 0. The van der Waals surface area contributed by atoms with E-state index in [4.69, 9.17) is 0 Å². The van der Waals surface area contributed by atoms with Crippen molar-refractivity contribution in [2.45, 2.75) is 19.4 Å². The molecule has 0 fully saturated rings. The highest BCUT2D eigenvalue weighted by atomic mass is 19.1. The van der Waals surface area contributed by atoms with Crippen LogP contribution in [-0.2, 0) is 4.79 Å². The molecule has 122 valence electrons. The first kappa shape index (κ1) is 16.0. The maximum Gasteiger partial charge on any atom is 0.226 e. The number of hydrogen-bond donors (Lipinski definition) is 1. The Hall–Kier alpha value is -2.88. The van der Waals surface area contributed by atoms with E-state index in [0.29, 0.717) is 11.3 Å². The van der Waals surface area contributed by atoms with E-state index >= 15 is 0 Å². The summed E-state index contributed by atoms with van der Waals surface area (Å²) < 4.78 is 15.6. The molecule has 2 aromatic carbocycles. The lowest BCUT2D eigenvalue weighted by molar-refractivity contribution is -0.116. The summed E-state index contributed by atoms with van der Waals surface area (Å²) in [7, 11) is 0. The second-order valence-corrected chi connectivity index (χ2v) is 5.77. The summed E-state index contributed by atoms with van der Waals surface area (Å²) in [6.45, 7) is 1.69. The minimum atomic E-state index is -0.321. The third kappa shape index (κ3) is 3.71. The Morgan fingerprint density at radius 2 is 1.79 bits per heavy atom. The number of rotatable bonds is 5. The Labute approximate surface area is 140 Å². The fraction of sp³-hybridized carbons (Fsp3) is 0.150. The van der Waals surface area contributed by atoms with E-state index in [2.05, 4.69) is 5.32 Å². The lowest BCUT2D eigenvalue weighted by Crippen LogP contribution is -2.19. The largest absolute Gasteiger partial charge is 0.346 e. The van der Waals surface area contributed by atoms with Crippen LogP contribution in [0.1, 0.15) is 23.6 Å². The van der Waals surface area contributed by atoms with Crippen molar-refractivity contribution in [2.24, 2.45) is 0 Å². The van der Waals surface area contributed by atoms with Gasteiger partial charge in [-0.1, -0.05) is 36.4 Å². The Kier molecular flexibility index (Phi) is 4.75. The van der Waals surface area contributed by atoms with Gasteiger partial charge in [-0.3, -0.25) is 4.79 Å². The molecule has 0 spiro atoms. The minimum Gasteiger partial charge on any atom is -0.346 e. The zero-order chi connectivity index (χ0) is 16.9. The SMILES string of the molecule is Cc1ccc(NC(=O)C[C@H](c2ccccc2)n2cccc2)cc1F. The number of halogens is 1. The van der Waals surface area contributed by atoms with Gasteiger partial charge in [0.1, 0.15) is 5.82 Å². The quantitative estimate of drug-likeness (QED) is 0.734. The van der Waals surface area contributed by atoms with Crippen molar-refractivity contribution in [3.05, 3.63) is 90.0 Å². The highest BCUT2D eigenvalue weighted by molar-refractivity contribution is 5.91. The van der Waals surface area contributed by atoms with E-state index in [0.717, 1.165) is 5.56 Å². The first-order valence-electron chi connectivity index (χ1n) is 7.87. The number of nitrogens with one attached hydrogen (secondary N) is 1. The molecule has 0 unspecified atom stereocenters. The van der Waals surface area contributed by atoms with Crippen molar-refractivity contribution in [1.82, 2.24) is 4.57 Å². The Balaban J connectivity index is 1.77. The molecule has 0 aliphatic rings. The van der Waals surface area contributed by atoms with Gasteiger partial charge in [0.05, 0.1) is 12.5 Å². The first-order valence-corrected chi connectivity index (χ1v) is 7.87. The average molecular weight is 322 g/mol. The second-order valence-electron chi connectivity index (χ2n) is 5.77. The number of aryl methyl sites for hydroxylation is 1. The maximum absolute atomic E-state index is 13.6. The van der Waals surface area contributed by atoms with Crippen LogP contribution in [0.15, 0.2) is 73.1 Å². The van der Waals surface area contributed by atoms with E-state index in [9.17, 15) is 9.18 Å². The predicted molar refractivity (Wildman–Crippen MR) is 93.4 cm³/mol. The van der Waals surface area contributed by atoms with Crippen LogP contribution in [0, 0.1) is 12.7 Å². The molecule has 1 N–H and O–H groups in total. The van der Waals surface area contributed by atoms with Gasteiger partial charge in [-0.2, -0.15) is 0 Å². The molecule has 0 saturated carbocycles. The molecule has 0 aliphatic heterocycles. The summed E-state index contributed by atoms with van der Waals surface area (Å²) in [5.74, 6) is -0.473. The lowest BCUT2D eigenvalue weighted by atomic mass is 10.0. The number of amides is 1. The highest BCUT2D eigenvalue weighted by Gasteiger charge is 2.17. The Bertz CT molecular complexity index is 813. The minimum absolute atomic E-state index is 0.100. The number of hydrogen-bond acceptors (Lipinski definition) is 1. The van der Waals surface area contributed by atoms with E-state index in [1.54, 1.807) is 19.1 Å². The Morgan fingerprint density at radius 1 is 1.08 bits per heavy atom. The molecule has 1 aromatic heterocycles. The third-order valence-electron chi connectivity index (χ3n) is 4.01.